The molecule has 3 rings (SSSR count). The molecule has 3 heteroatoms. The summed E-state index contributed by atoms with van der Waals surface area (Å²) in [6.07, 6.45) is -1.62. The molecule has 0 N–H and O–H groups in total. The van der Waals surface area contributed by atoms with Gasteiger partial charge in [0, 0.05) is 43.2 Å². The van der Waals surface area contributed by atoms with Crippen LogP contribution in [0.3, 0.4) is 0 Å². The fraction of sp³-hybridized carbons (Fsp3) is 0.409. The molecule has 1 fully saturated rings. The number of aryl methyl sites for hydroxylation is 1. The number of anilines is 1. The molecular weight excluding hydrogens is 308 g/mol. The second-order valence-corrected chi connectivity index (χ2v) is 5.94. The average Bonchev–Trinajstić information content (AvgIpc) is 2.78. The third-order valence-corrected chi connectivity index (χ3v) is 4.34. The second kappa shape index (κ2) is 8.82. The van der Waals surface area contributed by atoms with Gasteiger partial charge in [0.05, 0.1) is 6.85 Å². The molecule has 0 radical (unpaired) electrons. The van der Waals surface area contributed by atoms with Gasteiger partial charge in [-0.15, -0.1) is 0 Å². The standard InChI is InChI=1S/C22H28N2O/c1-2-22(25)24(20-11-7-4-8-12-20)21-14-17-23(18-15-21)16-13-19-9-5-3-6-10-19/h3-12,21H,2,13-18H2,1H3/i2D2,4D,7D,8D,11D,12D,16D2. The van der Waals surface area contributed by atoms with E-state index < -0.39 is 55.0 Å². The Morgan fingerprint density at radius 2 is 1.88 bits per heavy atom. The second-order valence-electron chi connectivity index (χ2n) is 5.94. The van der Waals surface area contributed by atoms with Gasteiger partial charge in [-0.05, 0) is 36.9 Å². The number of para-hydroxylation sites is 1. The highest BCUT2D eigenvalue weighted by molar-refractivity contribution is 5.93. The Kier molecular flexibility index (Phi) is 3.36. The minimum atomic E-state index is -2.33. The topological polar surface area (TPSA) is 23.6 Å². The van der Waals surface area contributed by atoms with E-state index in [4.69, 9.17) is 12.3 Å². The molecule has 0 saturated carbocycles. The summed E-state index contributed by atoms with van der Waals surface area (Å²) in [7, 11) is 0. The van der Waals surface area contributed by atoms with Crippen LogP contribution in [0.2, 0.25) is 0 Å². The Morgan fingerprint density at radius 1 is 1.20 bits per heavy atom. The van der Waals surface area contributed by atoms with E-state index in [0.29, 0.717) is 0 Å². The highest BCUT2D eigenvalue weighted by atomic mass is 16.2. The van der Waals surface area contributed by atoms with Crippen molar-refractivity contribution in [1.29, 1.82) is 0 Å². The van der Waals surface area contributed by atoms with Crippen LogP contribution in [-0.4, -0.2) is 36.4 Å². The highest BCUT2D eigenvalue weighted by Gasteiger charge is 2.28. The first-order valence-electron chi connectivity index (χ1n) is 12.9. The van der Waals surface area contributed by atoms with Crippen LogP contribution in [0, 0.1) is 0 Å². The minimum absolute atomic E-state index is 0.182. The molecule has 0 spiro atoms. The number of benzene rings is 2. The van der Waals surface area contributed by atoms with E-state index >= 15 is 0 Å². The molecule has 1 heterocycles. The zero-order valence-electron chi connectivity index (χ0n) is 23.3. The fourth-order valence-electron chi connectivity index (χ4n) is 3.02. The molecule has 1 aliphatic rings. The molecule has 1 saturated heterocycles. The lowest BCUT2D eigenvalue weighted by molar-refractivity contribution is -0.119. The first-order chi connectivity index (χ1) is 15.8. The maximum Gasteiger partial charge on any atom is 0.226 e. The number of likely N-dealkylation sites (tertiary alicyclic amines) is 1. The summed E-state index contributed by atoms with van der Waals surface area (Å²) >= 11 is 0. The number of rotatable bonds is 6. The van der Waals surface area contributed by atoms with E-state index in [1.165, 1.54) is 0 Å². The van der Waals surface area contributed by atoms with Crippen LogP contribution < -0.4 is 4.90 Å². The van der Waals surface area contributed by atoms with Crippen molar-refractivity contribution in [2.45, 2.75) is 38.6 Å². The van der Waals surface area contributed by atoms with Gasteiger partial charge < -0.3 is 9.80 Å². The molecule has 0 atom stereocenters. The maximum atomic E-state index is 13.1. The minimum Gasteiger partial charge on any atom is -0.309 e. The van der Waals surface area contributed by atoms with Crippen LogP contribution in [0.5, 0.6) is 0 Å². The fourth-order valence-corrected chi connectivity index (χ4v) is 3.02. The van der Waals surface area contributed by atoms with Crippen molar-refractivity contribution >= 4 is 11.6 Å². The van der Waals surface area contributed by atoms with E-state index in [2.05, 4.69) is 0 Å². The van der Waals surface area contributed by atoms with Crippen LogP contribution >= 0.6 is 0 Å². The highest BCUT2D eigenvalue weighted by Crippen LogP contribution is 2.24. The van der Waals surface area contributed by atoms with Crippen molar-refractivity contribution < 1.29 is 17.1 Å². The molecule has 3 nitrogen and oxygen atoms in total. The van der Waals surface area contributed by atoms with E-state index in [1.54, 1.807) is 4.90 Å². The molecule has 0 unspecified atom stereocenters. The molecule has 2 aromatic rings. The van der Waals surface area contributed by atoms with Crippen molar-refractivity contribution in [2.75, 3.05) is 24.5 Å². The Bertz CT molecular complexity index is 1020. The first-order valence-corrected chi connectivity index (χ1v) is 8.45. The van der Waals surface area contributed by atoms with Gasteiger partial charge >= 0.3 is 0 Å². The summed E-state index contributed by atoms with van der Waals surface area (Å²) in [4.78, 5) is 15.8. The van der Waals surface area contributed by atoms with Crippen molar-refractivity contribution in [1.82, 2.24) is 4.90 Å². The number of hydrogen-bond acceptors (Lipinski definition) is 2. The number of carbonyl (C=O) groups excluding carboxylic acids is 1. The quantitative estimate of drug-likeness (QED) is 0.786. The van der Waals surface area contributed by atoms with E-state index in [0.717, 1.165) is 17.4 Å². The van der Waals surface area contributed by atoms with Gasteiger partial charge in [0.15, 0.2) is 0 Å². The zero-order valence-corrected chi connectivity index (χ0v) is 14.3. The number of hydrogen-bond donors (Lipinski definition) is 0. The van der Waals surface area contributed by atoms with Gasteiger partial charge in [-0.2, -0.15) is 0 Å². The lowest BCUT2D eigenvalue weighted by atomic mass is 10.0. The van der Waals surface area contributed by atoms with Gasteiger partial charge in [0.1, 0.15) is 0 Å². The first kappa shape index (κ1) is 9.54. The Balaban J connectivity index is 1.90. The smallest absolute Gasteiger partial charge is 0.226 e. The van der Waals surface area contributed by atoms with Crippen molar-refractivity contribution in [3.8, 4) is 0 Å². The predicted octanol–water partition coefficient (Wildman–Crippen LogP) is 4.14. The predicted molar refractivity (Wildman–Crippen MR) is 104 cm³/mol. The van der Waals surface area contributed by atoms with Gasteiger partial charge in [-0.3, -0.25) is 4.79 Å². The maximum absolute atomic E-state index is 13.1. The molecule has 132 valence electrons. The molecule has 0 aromatic heterocycles. The van der Waals surface area contributed by atoms with Gasteiger partial charge in [-0.25, -0.2) is 0 Å². The number of carbonyl (C=O) groups is 1. The van der Waals surface area contributed by atoms with E-state index in [1.807, 2.05) is 30.3 Å². The SMILES string of the molecule is [2H]c1c([2H])c([2H])c(N(C(=O)C([2H])([2H])C)C2CCN(C([2H])([2H])Cc3ccccc3)CC2)c([2H])c1[2H]. The van der Waals surface area contributed by atoms with Crippen LogP contribution in [0.4, 0.5) is 5.69 Å². The Labute approximate surface area is 163 Å². The van der Waals surface area contributed by atoms with Crippen molar-refractivity contribution in [3.63, 3.8) is 0 Å². The molecule has 0 aliphatic carbocycles. The zero-order chi connectivity index (χ0) is 25.4. The molecule has 1 amide bonds. The van der Waals surface area contributed by atoms with Crippen molar-refractivity contribution in [2.24, 2.45) is 0 Å². The monoisotopic (exact) mass is 345 g/mol. The largest absolute Gasteiger partial charge is 0.309 e. The van der Waals surface area contributed by atoms with E-state index in [9.17, 15) is 4.79 Å². The van der Waals surface area contributed by atoms with Crippen LogP contribution in [0.1, 0.15) is 44.0 Å². The summed E-state index contributed by atoms with van der Waals surface area (Å²) in [5, 5.41) is 0. The van der Waals surface area contributed by atoms with Crippen LogP contribution in [-0.2, 0) is 11.2 Å². The number of piperidine rings is 1. The molecule has 1 aliphatic heterocycles. The molecule has 2 aromatic carbocycles. The Hall–Kier alpha value is -2.13. The third-order valence-electron chi connectivity index (χ3n) is 4.34. The number of nitrogens with zero attached hydrogens (tertiary/aromatic N) is 2. The van der Waals surface area contributed by atoms with Crippen LogP contribution in [0.15, 0.2) is 60.5 Å². The molecular formula is C22H28N2O. The normalized spacial score (nSPS) is 22.2. The summed E-state index contributed by atoms with van der Waals surface area (Å²) < 4.78 is 73.3. The Morgan fingerprint density at radius 3 is 2.52 bits per heavy atom. The average molecular weight is 346 g/mol. The molecule has 25 heavy (non-hydrogen) atoms. The van der Waals surface area contributed by atoms with Gasteiger partial charge in [0.25, 0.3) is 0 Å². The summed E-state index contributed by atoms with van der Waals surface area (Å²) in [5.74, 6) is -0.989. The summed E-state index contributed by atoms with van der Waals surface area (Å²) in [5.41, 5.74) is 0.511. The van der Waals surface area contributed by atoms with E-state index in [-0.39, 0.29) is 38.0 Å². The van der Waals surface area contributed by atoms with Crippen LogP contribution in [0.25, 0.3) is 0 Å². The number of amides is 1. The third kappa shape index (κ3) is 4.70. The summed E-state index contributed by atoms with van der Waals surface area (Å²) in [6.45, 7) is -0.0399. The van der Waals surface area contributed by atoms with Gasteiger partial charge in [0.2, 0.25) is 5.91 Å². The molecule has 0 bridgehead atoms. The summed E-state index contributed by atoms with van der Waals surface area (Å²) in [6, 6.07) is 5.71. The van der Waals surface area contributed by atoms with Gasteiger partial charge in [-0.1, -0.05) is 55.4 Å². The lowest BCUT2D eigenvalue weighted by Crippen LogP contribution is -2.47. The van der Waals surface area contributed by atoms with Crippen molar-refractivity contribution in [3.05, 3.63) is 66.1 Å². The lowest BCUT2D eigenvalue weighted by Gasteiger charge is -2.38.